The van der Waals surface area contributed by atoms with Crippen molar-refractivity contribution in [3.05, 3.63) is 158 Å². The van der Waals surface area contributed by atoms with Crippen LogP contribution in [0, 0.1) is 0 Å². The van der Waals surface area contributed by atoms with Crippen molar-refractivity contribution in [2.75, 3.05) is 47.5 Å². The van der Waals surface area contributed by atoms with E-state index < -0.39 is 24.3 Å². The highest BCUT2D eigenvalue weighted by Crippen LogP contribution is 2.17. The van der Waals surface area contributed by atoms with Crippen molar-refractivity contribution in [1.82, 2.24) is 0 Å². The summed E-state index contributed by atoms with van der Waals surface area (Å²) in [7, 11) is 5.91. The first-order valence-corrected chi connectivity index (χ1v) is 35.6. The highest BCUT2D eigenvalue weighted by atomic mass is 16.7. The first-order chi connectivity index (χ1) is 43.6. The number of allylic oxidation sites excluding steroid dienone is 26. The van der Waals surface area contributed by atoms with E-state index >= 15 is 0 Å². The number of likely N-dealkylation sites (N-methyl/N-ethyl adjacent to an activating group) is 1. The van der Waals surface area contributed by atoms with E-state index in [0.29, 0.717) is 17.4 Å². The van der Waals surface area contributed by atoms with E-state index in [2.05, 4.69) is 172 Å². The molecule has 0 saturated heterocycles. The summed E-state index contributed by atoms with van der Waals surface area (Å²) in [5.74, 6) is -2.35. The maximum Gasteiger partial charge on any atom is 0.306 e. The molecule has 2 atom stereocenters. The van der Waals surface area contributed by atoms with Crippen molar-refractivity contribution in [3.8, 4) is 0 Å². The lowest BCUT2D eigenvalue weighted by molar-refractivity contribution is -0.870. The van der Waals surface area contributed by atoms with Crippen molar-refractivity contribution in [3.63, 3.8) is 0 Å². The first kappa shape index (κ1) is 83.9. The molecule has 504 valence electrons. The van der Waals surface area contributed by atoms with Crippen LogP contribution in [-0.2, 0) is 33.3 Å². The van der Waals surface area contributed by atoms with Gasteiger partial charge in [0.25, 0.3) is 0 Å². The van der Waals surface area contributed by atoms with Gasteiger partial charge < -0.3 is 33.3 Å². The van der Waals surface area contributed by atoms with Crippen LogP contribution >= 0.6 is 0 Å². The summed E-state index contributed by atoms with van der Waals surface area (Å²) in [6.07, 6.45) is 99.1. The Bertz CT molecular complexity index is 2020. The van der Waals surface area contributed by atoms with Gasteiger partial charge in [-0.15, -0.1) is 0 Å². The summed E-state index contributed by atoms with van der Waals surface area (Å²) in [4.78, 5) is 37.5. The number of hydrogen-bond acceptors (Lipinski definition) is 8. The van der Waals surface area contributed by atoms with E-state index in [4.69, 9.17) is 18.9 Å². The van der Waals surface area contributed by atoms with E-state index in [1.54, 1.807) is 0 Å². The highest BCUT2D eigenvalue weighted by Gasteiger charge is 2.22. The summed E-state index contributed by atoms with van der Waals surface area (Å²) < 4.78 is 22.7. The molecule has 0 aromatic carbocycles. The van der Waals surface area contributed by atoms with Crippen LogP contribution in [0.2, 0.25) is 0 Å². The van der Waals surface area contributed by atoms with Crippen LogP contribution in [0.15, 0.2) is 158 Å². The zero-order valence-corrected chi connectivity index (χ0v) is 57.5. The molecule has 0 aromatic rings. The Morgan fingerprint density at radius 2 is 0.607 bits per heavy atom. The molecule has 0 spiro atoms. The second-order valence-electron chi connectivity index (χ2n) is 24.4. The average molecular weight is 1230 g/mol. The largest absolute Gasteiger partial charge is 0.545 e. The highest BCUT2D eigenvalue weighted by molar-refractivity contribution is 5.70. The summed E-state index contributed by atoms with van der Waals surface area (Å²) in [5.41, 5.74) is 0. The Balaban J connectivity index is 4.15. The van der Waals surface area contributed by atoms with Crippen LogP contribution in [0.5, 0.6) is 0 Å². The zero-order chi connectivity index (χ0) is 64.7. The first-order valence-electron chi connectivity index (χ1n) is 35.6. The van der Waals surface area contributed by atoms with Crippen LogP contribution in [0.25, 0.3) is 0 Å². The van der Waals surface area contributed by atoms with Crippen LogP contribution in [0.4, 0.5) is 0 Å². The number of quaternary nitrogens is 1. The van der Waals surface area contributed by atoms with Crippen LogP contribution < -0.4 is 5.11 Å². The molecule has 9 nitrogen and oxygen atoms in total. The number of carbonyl (C=O) groups is 3. The SMILES string of the molecule is CC/C=C\C/C=C\C/C=C\C/C=C\C/C=C\C/C=C\C/C=C\C/C=C\CCCCC(=O)OC(COC(=O)CCCCCCCCCCCCCCCCCCCCCCC/C=C\C/C=C\C/C=C\C/C=C\C/C=C\CC)COC(OCC[N+](C)(C)C)C(=O)[O-]. The Kier molecular flexibility index (Phi) is 64.9. The Labute approximate surface area is 546 Å². The Morgan fingerprint density at radius 3 is 0.921 bits per heavy atom. The Hall–Kier alpha value is -5.09. The third kappa shape index (κ3) is 70.2. The summed E-state index contributed by atoms with van der Waals surface area (Å²) in [5, 5.41) is 11.8. The Morgan fingerprint density at radius 1 is 0.337 bits per heavy atom. The van der Waals surface area contributed by atoms with Gasteiger partial charge in [-0.1, -0.05) is 294 Å². The second-order valence-corrected chi connectivity index (χ2v) is 24.4. The monoisotopic (exact) mass is 1230 g/mol. The van der Waals surface area contributed by atoms with E-state index in [-0.39, 0.29) is 38.6 Å². The predicted molar refractivity (Wildman–Crippen MR) is 379 cm³/mol. The van der Waals surface area contributed by atoms with Gasteiger partial charge in [0.2, 0.25) is 0 Å². The fourth-order valence-corrected chi connectivity index (χ4v) is 9.40. The molecule has 0 aliphatic rings. The fourth-order valence-electron chi connectivity index (χ4n) is 9.40. The molecule has 0 fully saturated rings. The number of hydrogen-bond donors (Lipinski definition) is 0. The lowest BCUT2D eigenvalue weighted by Crippen LogP contribution is -2.44. The van der Waals surface area contributed by atoms with Crippen LogP contribution in [0.3, 0.4) is 0 Å². The van der Waals surface area contributed by atoms with Crippen molar-refractivity contribution >= 4 is 17.9 Å². The number of carboxylic acid groups (broad SMARTS) is 1. The number of aliphatic carboxylic acids is 1. The van der Waals surface area contributed by atoms with Crippen molar-refractivity contribution < 1.29 is 42.9 Å². The van der Waals surface area contributed by atoms with Crippen LogP contribution in [0.1, 0.15) is 271 Å². The number of esters is 2. The molecule has 9 heteroatoms. The molecule has 0 aliphatic carbocycles. The van der Waals surface area contributed by atoms with Crippen molar-refractivity contribution in [2.45, 2.75) is 283 Å². The van der Waals surface area contributed by atoms with Crippen molar-refractivity contribution in [2.24, 2.45) is 0 Å². The molecule has 0 aromatic heterocycles. The number of carboxylic acids is 1. The number of ether oxygens (including phenoxy) is 4. The van der Waals surface area contributed by atoms with E-state index in [9.17, 15) is 19.5 Å². The van der Waals surface area contributed by atoms with Gasteiger partial charge in [0.05, 0.1) is 40.3 Å². The number of carbonyl (C=O) groups excluding carboxylic acids is 3. The van der Waals surface area contributed by atoms with Gasteiger partial charge in [-0.3, -0.25) is 9.59 Å². The molecule has 0 aliphatic heterocycles. The molecule has 0 saturated carbocycles. The number of unbranched alkanes of at least 4 members (excludes halogenated alkanes) is 23. The third-order valence-electron chi connectivity index (χ3n) is 14.8. The molecular formula is C80H131NO8. The minimum Gasteiger partial charge on any atom is -0.545 e. The summed E-state index contributed by atoms with van der Waals surface area (Å²) in [6, 6.07) is 0. The maximum atomic E-state index is 12.9. The molecule has 0 radical (unpaired) electrons. The zero-order valence-electron chi connectivity index (χ0n) is 57.5. The van der Waals surface area contributed by atoms with E-state index in [1.165, 1.54) is 122 Å². The van der Waals surface area contributed by atoms with Gasteiger partial charge in [0.1, 0.15) is 13.2 Å². The van der Waals surface area contributed by atoms with Gasteiger partial charge in [0.15, 0.2) is 12.4 Å². The normalized spacial score (nSPS) is 13.7. The summed E-state index contributed by atoms with van der Waals surface area (Å²) >= 11 is 0. The van der Waals surface area contributed by atoms with E-state index in [0.717, 1.165) is 116 Å². The minimum atomic E-state index is -1.64. The predicted octanol–water partition coefficient (Wildman–Crippen LogP) is 21.1. The molecule has 89 heavy (non-hydrogen) atoms. The second kappa shape index (κ2) is 68.8. The van der Waals surface area contributed by atoms with Gasteiger partial charge in [-0.2, -0.15) is 0 Å². The molecule has 0 rings (SSSR count). The quantitative estimate of drug-likeness (QED) is 0.0195. The topological polar surface area (TPSA) is 111 Å². The fraction of sp³-hybridized carbons (Fsp3) is 0.637. The third-order valence-corrected chi connectivity index (χ3v) is 14.8. The van der Waals surface area contributed by atoms with Gasteiger partial charge in [0, 0.05) is 12.8 Å². The maximum absolute atomic E-state index is 12.9. The molecule has 0 bridgehead atoms. The van der Waals surface area contributed by atoms with Gasteiger partial charge in [-0.25, -0.2) is 0 Å². The van der Waals surface area contributed by atoms with Crippen molar-refractivity contribution in [1.29, 1.82) is 0 Å². The molecule has 2 unspecified atom stereocenters. The molecule has 0 heterocycles. The molecule has 0 N–H and O–H groups in total. The smallest absolute Gasteiger partial charge is 0.306 e. The van der Waals surface area contributed by atoms with Crippen LogP contribution in [-0.4, -0.2) is 82.3 Å². The number of nitrogens with zero attached hydrogens (tertiary/aromatic N) is 1. The van der Waals surface area contributed by atoms with Gasteiger partial charge in [-0.05, 0) is 122 Å². The summed E-state index contributed by atoms with van der Waals surface area (Å²) in [6.45, 7) is 4.47. The lowest BCUT2D eigenvalue weighted by atomic mass is 10.0. The average Bonchev–Trinajstić information content (AvgIpc) is 3.64. The minimum absolute atomic E-state index is 0.132. The van der Waals surface area contributed by atoms with E-state index in [1.807, 2.05) is 21.1 Å². The number of rotatable bonds is 64. The molecular weight excluding hydrogens is 1100 g/mol. The lowest BCUT2D eigenvalue weighted by Gasteiger charge is -2.26. The van der Waals surface area contributed by atoms with Gasteiger partial charge >= 0.3 is 11.9 Å². The molecule has 0 amide bonds. The standard InChI is InChI=1S/C80H131NO8/c1-6-8-10-12-14-16-18-20-22-24-26-28-30-32-34-35-36-37-38-39-40-41-42-43-45-46-48-50-52-54-56-58-60-62-64-66-68-70-77(82)87-74-76(75-88-80(79(84)85)86-73-72-81(3,4)5)89-78(83)71-69-67-65-63-61-59-57-55-53-51-49-47-44-33-31-29-27-25-23-21-19-17-15-13-11-9-7-2/h8-11,14-17,20-23,26-29,32-34,44,49,51,55,57,61,63,76,80H,6-7,12-13,18-19,24-25,30-31,35-43,45-48,50,52-54,56,58-60,62,64-75H2,1-5H3/b10-8-,11-9-,16-14-,17-15-,22-20-,23-21-,28-26-,29-27-,34-32-,44-33-,51-49-,57-55-,63-61-.